The van der Waals surface area contributed by atoms with E-state index in [0.29, 0.717) is 12.1 Å². The zero-order valence-electron chi connectivity index (χ0n) is 10.4. The van der Waals surface area contributed by atoms with Crippen LogP contribution in [0.4, 0.5) is 14.5 Å². The molecule has 0 saturated heterocycles. The lowest BCUT2D eigenvalue weighted by molar-refractivity contribution is -0.139. The standard InChI is InChI=1S/C13H13F2NO4/c14-11(15)6-20-8-3-1-7(2-4-8)16-12(17)9-5-10(9)13(18)19/h1-4,9-11H,5-6H2,(H,16,17)(H,18,19)/t9-,10+/m0/s1. The number of ether oxygens (including phenoxy) is 1. The highest BCUT2D eigenvalue weighted by Crippen LogP contribution is 2.39. The van der Waals surface area contributed by atoms with Gasteiger partial charge in [0.05, 0.1) is 11.8 Å². The lowest BCUT2D eigenvalue weighted by Crippen LogP contribution is -2.16. The summed E-state index contributed by atoms with van der Waals surface area (Å²) in [4.78, 5) is 22.3. The molecule has 2 rings (SSSR count). The number of halogens is 2. The van der Waals surface area contributed by atoms with Gasteiger partial charge >= 0.3 is 5.97 Å². The number of carbonyl (C=O) groups excluding carboxylic acids is 1. The Balaban J connectivity index is 1.85. The second kappa shape index (κ2) is 5.85. The van der Waals surface area contributed by atoms with Crippen LogP contribution in [0.25, 0.3) is 0 Å². The number of carboxylic acid groups (broad SMARTS) is 1. The second-order valence-corrected chi connectivity index (χ2v) is 4.50. The predicted octanol–water partition coefficient (Wildman–Crippen LogP) is 1.99. The third-order valence-corrected chi connectivity index (χ3v) is 2.94. The molecule has 1 aliphatic rings. The van der Waals surface area contributed by atoms with Gasteiger partial charge in [-0.1, -0.05) is 0 Å². The van der Waals surface area contributed by atoms with E-state index in [0.717, 1.165) is 0 Å². The van der Waals surface area contributed by atoms with Crippen molar-refractivity contribution in [2.45, 2.75) is 12.8 Å². The molecule has 20 heavy (non-hydrogen) atoms. The minimum Gasteiger partial charge on any atom is -0.488 e. The first kappa shape index (κ1) is 14.2. The van der Waals surface area contributed by atoms with Crippen LogP contribution < -0.4 is 10.1 Å². The lowest BCUT2D eigenvalue weighted by Gasteiger charge is -2.07. The first-order valence-corrected chi connectivity index (χ1v) is 6.02. The van der Waals surface area contributed by atoms with E-state index in [9.17, 15) is 18.4 Å². The highest BCUT2D eigenvalue weighted by atomic mass is 19.3. The monoisotopic (exact) mass is 285 g/mol. The maximum Gasteiger partial charge on any atom is 0.307 e. The van der Waals surface area contributed by atoms with E-state index in [1.54, 1.807) is 0 Å². The average molecular weight is 285 g/mol. The van der Waals surface area contributed by atoms with Gasteiger partial charge < -0.3 is 15.2 Å². The molecule has 1 aromatic carbocycles. The molecule has 1 aromatic rings. The minimum atomic E-state index is -2.54. The van der Waals surface area contributed by atoms with Crippen LogP contribution in [0.3, 0.4) is 0 Å². The predicted molar refractivity (Wildman–Crippen MR) is 65.8 cm³/mol. The van der Waals surface area contributed by atoms with Gasteiger partial charge in [-0.2, -0.15) is 0 Å². The molecule has 0 heterocycles. The minimum absolute atomic E-state index is 0.276. The van der Waals surface area contributed by atoms with Crippen LogP contribution in [-0.4, -0.2) is 30.0 Å². The van der Waals surface area contributed by atoms with Crippen molar-refractivity contribution < 1.29 is 28.2 Å². The van der Waals surface area contributed by atoms with Gasteiger partial charge in [0.1, 0.15) is 12.4 Å². The van der Waals surface area contributed by atoms with Crippen molar-refractivity contribution in [1.82, 2.24) is 0 Å². The highest BCUT2D eigenvalue weighted by molar-refractivity contribution is 5.98. The molecule has 5 nitrogen and oxygen atoms in total. The molecule has 0 aromatic heterocycles. The van der Waals surface area contributed by atoms with Gasteiger partial charge in [0.2, 0.25) is 5.91 Å². The van der Waals surface area contributed by atoms with Crippen molar-refractivity contribution in [2.75, 3.05) is 11.9 Å². The van der Waals surface area contributed by atoms with Gasteiger partial charge in [-0.15, -0.1) is 0 Å². The molecule has 0 radical (unpaired) electrons. The third-order valence-electron chi connectivity index (χ3n) is 2.94. The van der Waals surface area contributed by atoms with E-state index in [4.69, 9.17) is 9.84 Å². The smallest absolute Gasteiger partial charge is 0.307 e. The topological polar surface area (TPSA) is 75.6 Å². The van der Waals surface area contributed by atoms with Crippen LogP contribution in [0, 0.1) is 11.8 Å². The molecule has 108 valence electrons. The molecule has 1 aliphatic carbocycles. The Hall–Kier alpha value is -2.18. The van der Waals surface area contributed by atoms with Crippen LogP contribution >= 0.6 is 0 Å². The largest absolute Gasteiger partial charge is 0.488 e. The van der Waals surface area contributed by atoms with Crippen molar-refractivity contribution in [2.24, 2.45) is 11.8 Å². The average Bonchev–Trinajstić information content (AvgIpc) is 3.18. The second-order valence-electron chi connectivity index (χ2n) is 4.50. The zero-order valence-corrected chi connectivity index (χ0v) is 10.4. The number of rotatable bonds is 6. The van der Waals surface area contributed by atoms with E-state index >= 15 is 0 Å². The molecule has 0 unspecified atom stereocenters. The molecule has 1 saturated carbocycles. The molecule has 0 spiro atoms. The lowest BCUT2D eigenvalue weighted by atomic mass is 10.2. The van der Waals surface area contributed by atoms with Crippen molar-refractivity contribution in [3.05, 3.63) is 24.3 Å². The van der Waals surface area contributed by atoms with E-state index in [-0.39, 0.29) is 11.7 Å². The van der Waals surface area contributed by atoms with Gasteiger partial charge in [0.25, 0.3) is 6.43 Å². The number of benzene rings is 1. The Labute approximate surface area is 113 Å². The van der Waals surface area contributed by atoms with E-state index < -0.39 is 30.8 Å². The number of hydrogen-bond acceptors (Lipinski definition) is 3. The van der Waals surface area contributed by atoms with Gasteiger partial charge in [0, 0.05) is 5.69 Å². The Bertz CT molecular complexity index is 504. The summed E-state index contributed by atoms with van der Waals surface area (Å²) in [6.07, 6.45) is -2.20. The van der Waals surface area contributed by atoms with E-state index in [2.05, 4.69) is 5.32 Å². The third kappa shape index (κ3) is 3.66. The van der Waals surface area contributed by atoms with Gasteiger partial charge in [-0.25, -0.2) is 8.78 Å². The number of carboxylic acids is 1. The number of aliphatic carboxylic acids is 1. The Kier molecular flexibility index (Phi) is 4.16. The summed E-state index contributed by atoms with van der Waals surface area (Å²) in [5.41, 5.74) is 0.468. The van der Waals surface area contributed by atoms with Crippen molar-refractivity contribution in [1.29, 1.82) is 0 Å². The molecule has 2 atom stereocenters. The Morgan fingerprint density at radius 2 is 1.95 bits per heavy atom. The van der Waals surface area contributed by atoms with E-state index in [1.165, 1.54) is 24.3 Å². The molecule has 7 heteroatoms. The van der Waals surface area contributed by atoms with E-state index in [1.807, 2.05) is 0 Å². The number of nitrogens with one attached hydrogen (secondary N) is 1. The fraction of sp³-hybridized carbons (Fsp3) is 0.385. The summed E-state index contributed by atoms with van der Waals surface area (Å²) in [6.45, 7) is -0.686. The number of anilines is 1. The fourth-order valence-corrected chi connectivity index (χ4v) is 1.79. The van der Waals surface area contributed by atoms with Crippen LogP contribution in [0.5, 0.6) is 5.75 Å². The van der Waals surface area contributed by atoms with Gasteiger partial charge in [-0.05, 0) is 30.7 Å². The summed E-state index contributed by atoms with van der Waals surface area (Å²) >= 11 is 0. The summed E-state index contributed by atoms with van der Waals surface area (Å²) < 4.78 is 28.7. The first-order valence-electron chi connectivity index (χ1n) is 6.02. The number of hydrogen-bond donors (Lipinski definition) is 2. The molecular formula is C13H13F2NO4. The van der Waals surface area contributed by atoms with Gasteiger partial charge in [-0.3, -0.25) is 9.59 Å². The fourth-order valence-electron chi connectivity index (χ4n) is 1.79. The number of amides is 1. The summed E-state index contributed by atoms with van der Waals surface area (Å²) in [5, 5.41) is 11.3. The quantitative estimate of drug-likeness (QED) is 0.838. The molecule has 1 amide bonds. The normalized spacial score (nSPS) is 20.6. The maximum atomic E-state index is 11.9. The highest BCUT2D eigenvalue weighted by Gasteiger charge is 2.48. The Morgan fingerprint density at radius 3 is 2.45 bits per heavy atom. The molecule has 1 fully saturated rings. The van der Waals surface area contributed by atoms with Crippen molar-refractivity contribution >= 4 is 17.6 Å². The molecular weight excluding hydrogens is 272 g/mol. The van der Waals surface area contributed by atoms with Gasteiger partial charge in [0.15, 0.2) is 0 Å². The maximum absolute atomic E-state index is 11.9. The Morgan fingerprint density at radius 1 is 1.30 bits per heavy atom. The number of alkyl halides is 2. The van der Waals surface area contributed by atoms with Crippen LogP contribution in [0.2, 0.25) is 0 Å². The van der Waals surface area contributed by atoms with Crippen molar-refractivity contribution in [3.63, 3.8) is 0 Å². The van der Waals surface area contributed by atoms with Crippen molar-refractivity contribution in [3.8, 4) is 5.75 Å². The zero-order chi connectivity index (χ0) is 14.7. The van der Waals surface area contributed by atoms with Crippen LogP contribution in [0.15, 0.2) is 24.3 Å². The molecule has 0 aliphatic heterocycles. The van der Waals surface area contributed by atoms with Crippen LogP contribution in [0.1, 0.15) is 6.42 Å². The molecule has 2 N–H and O–H groups in total. The van der Waals surface area contributed by atoms with Crippen LogP contribution in [-0.2, 0) is 9.59 Å². The summed E-state index contributed by atoms with van der Waals surface area (Å²) in [6, 6.07) is 5.94. The number of carbonyl (C=O) groups is 2. The molecule has 0 bridgehead atoms. The SMILES string of the molecule is O=C(Nc1ccc(OCC(F)F)cc1)[C@H]1C[C@H]1C(=O)O. The first-order chi connectivity index (χ1) is 9.47. The summed E-state index contributed by atoms with van der Waals surface area (Å²) in [5.74, 6) is -2.15. The summed E-state index contributed by atoms with van der Waals surface area (Å²) in [7, 11) is 0.